The Morgan fingerprint density at radius 2 is 1.62 bits per heavy atom. The summed E-state index contributed by atoms with van der Waals surface area (Å²) >= 11 is 0. The molecule has 0 aromatic carbocycles. The lowest BCUT2D eigenvalue weighted by Gasteiger charge is -2.40. The Morgan fingerprint density at radius 1 is 1.05 bits per heavy atom. The predicted octanol–water partition coefficient (Wildman–Crippen LogP) is 1.26. The molecular weight excluding hydrogens is 268 g/mol. The molecule has 120 valence electrons. The van der Waals surface area contributed by atoms with E-state index in [1.165, 1.54) is 19.3 Å². The number of hydrogen-bond donors (Lipinski definition) is 1. The minimum absolute atomic E-state index is 0.228. The molecule has 1 aliphatic carbocycles. The topological polar surface area (TPSA) is 60.9 Å². The van der Waals surface area contributed by atoms with Crippen LogP contribution >= 0.6 is 0 Å². The van der Waals surface area contributed by atoms with E-state index in [-0.39, 0.29) is 17.2 Å². The Balaban J connectivity index is 1.83. The minimum atomic E-state index is -0.440. The standard InChI is InChI=1S/C16H28N2O3/c1-16(2)6-4-3-5-13(16)11-14(20)17-7-9-18(10-8-17)15(21)12-19/h13,19H,3-12H2,1-2H3. The molecule has 2 aliphatic rings. The summed E-state index contributed by atoms with van der Waals surface area (Å²) in [5, 5.41) is 8.86. The highest BCUT2D eigenvalue weighted by molar-refractivity contribution is 5.79. The van der Waals surface area contributed by atoms with E-state index in [0.29, 0.717) is 38.5 Å². The molecule has 1 N–H and O–H groups in total. The fraction of sp³-hybridized carbons (Fsp3) is 0.875. The highest BCUT2D eigenvalue weighted by Crippen LogP contribution is 2.42. The van der Waals surface area contributed by atoms with Gasteiger partial charge in [-0.05, 0) is 24.2 Å². The van der Waals surface area contributed by atoms with Gasteiger partial charge < -0.3 is 14.9 Å². The molecule has 0 radical (unpaired) electrons. The molecule has 0 aromatic rings. The van der Waals surface area contributed by atoms with Crippen molar-refractivity contribution in [2.24, 2.45) is 11.3 Å². The number of carbonyl (C=O) groups excluding carboxylic acids is 2. The van der Waals surface area contributed by atoms with Crippen LogP contribution < -0.4 is 0 Å². The summed E-state index contributed by atoms with van der Waals surface area (Å²) in [6.45, 7) is 6.39. The molecule has 1 saturated heterocycles. The third-order valence-corrected chi connectivity index (χ3v) is 5.27. The summed E-state index contributed by atoms with van der Waals surface area (Å²) < 4.78 is 0. The Kier molecular flexibility index (Phi) is 5.25. The third kappa shape index (κ3) is 3.96. The van der Waals surface area contributed by atoms with Gasteiger partial charge in [0.2, 0.25) is 11.8 Å². The highest BCUT2D eigenvalue weighted by Gasteiger charge is 2.35. The molecule has 1 aliphatic heterocycles. The normalized spacial score (nSPS) is 25.8. The second-order valence-corrected chi connectivity index (χ2v) is 7.06. The second-order valence-electron chi connectivity index (χ2n) is 7.06. The van der Waals surface area contributed by atoms with E-state index in [1.54, 1.807) is 4.90 Å². The number of hydrogen-bond acceptors (Lipinski definition) is 3. The third-order valence-electron chi connectivity index (χ3n) is 5.27. The first-order valence-corrected chi connectivity index (χ1v) is 8.10. The van der Waals surface area contributed by atoms with Crippen LogP contribution in [0.3, 0.4) is 0 Å². The Bertz CT molecular complexity index is 387. The van der Waals surface area contributed by atoms with E-state index in [1.807, 2.05) is 4.90 Å². The Morgan fingerprint density at radius 3 is 2.14 bits per heavy atom. The molecule has 1 saturated carbocycles. The number of rotatable bonds is 3. The van der Waals surface area contributed by atoms with Gasteiger partial charge in [0.1, 0.15) is 6.61 Å². The van der Waals surface area contributed by atoms with Gasteiger partial charge in [-0.3, -0.25) is 9.59 Å². The van der Waals surface area contributed by atoms with Crippen LogP contribution in [0.2, 0.25) is 0 Å². The van der Waals surface area contributed by atoms with E-state index in [9.17, 15) is 9.59 Å². The number of piperazine rings is 1. The highest BCUT2D eigenvalue weighted by atomic mass is 16.3. The second kappa shape index (κ2) is 6.77. The maximum absolute atomic E-state index is 12.5. The van der Waals surface area contributed by atoms with E-state index < -0.39 is 6.61 Å². The first kappa shape index (κ1) is 16.3. The van der Waals surface area contributed by atoms with E-state index in [2.05, 4.69) is 13.8 Å². The quantitative estimate of drug-likeness (QED) is 0.853. The van der Waals surface area contributed by atoms with Crippen LogP contribution in [0.25, 0.3) is 0 Å². The van der Waals surface area contributed by atoms with Crippen molar-refractivity contribution >= 4 is 11.8 Å². The number of aliphatic hydroxyl groups is 1. The summed E-state index contributed by atoms with van der Waals surface area (Å²) in [5.74, 6) is 0.470. The van der Waals surface area contributed by atoms with E-state index in [4.69, 9.17) is 5.11 Å². The molecule has 5 heteroatoms. The fourth-order valence-corrected chi connectivity index (χ4v) is 3.59. The van der Waals surface area contributed by atoms with Crippen molar-refractivity contribution in [1.29, 1.82) is 0 Å². The van der Waals surface area contributed by atoms with Crippen molar-refractivity contribution in [2.75, 3.05) is 32.8 Å². The van der Waals surface area contributed by atoms with Crippen LogP contribution in [-0.4, -0.2) is 59.5 Å². The molecule has 1 atom stereocenters. The monoisotopic (exact) mass is 296 g/mol. The molecule has 0 spiro atoms. The lowest BCUT2D eigenvalue weighted by molar-refractivity contribution is -0.142. The van der Waals surface area contributed by atoms with Gasteiger partial charge in [-0.15, -0.1) is 0 Å². The average molecular weight is 296 g/mol. The summed E-state index contributed by atoms with van der Waals surface area (Å²) in [6, 6.07) is 0. The number of amides is 2. The van der Waals surface area contributed by atoms with Crippen LogP contribution in [0.1, 0.15) is 46.0 Å². The van der Waals surface area contributed by atoms with Crippen LogP contribution in [0, 0.1) is 11.3 Å². The van der Waals surface area contributed by atoms with Crippen LogP contribution in [0.5, 0.6) is 0 Å². The molecule has 5 nitrogen and oxygen atoms in total. The summed E-state index contributed by atoms with van der Waals surface area (Å²) in [7, 11) is 0. The van der Waals surface area contributed by atoms with Crippen molar-refractivity contribution in [2.45, 2.75) is 46.0 Å². The van der Waals surface area contributed by atoms with Crippen molar-refractivity contribution < 1.29 is 14.7 Å². The summed E-state index contributed by atoms with van der Waals surface area (Å²) in [4.78, 5) is 27.4. The first-order chi connectivity index (χ1) is 9.94. The van der Waals surface area contributed by atoms with Crippen molar-refractivity contribution in [3.05, 3.63) is 0 Å². The lowest BCUT2D eigenvalue weighted by atomic mass is 9.67. The summed E-state index contributed by atoms with van der Waals surface area (Å²) in [6.07, 6.45) is 5.52. The van der Waals surface area contributed by atoms with Gasteiger partial charge in [0.25, 0.3) is 0 Å². The molecular formula is C16H28N2O3. The largest absolute Gasteiger partial charge is 0.387 e. The van der Waals surface area contributed by atoms with Crippen molar-refractivity contribution in [3.8, 4) is 0 Å². The predicted molar refractivity (Wildman–Crippen MR) is 80.6 cm³/mol. The SMILES string of the molecule is CC1(C)CCCCC1CC(=O)N1CCN(C(=O)CO)CC1. The minimum Gasteiger partial charge on any atom is -0.387 e. The fourth-order valence-electron chi connectivity index (χ4n) is 3.59. The van der Waals surface area contributed by atoms with E-state index in [0.717, 1.165) is 6.42 Å². The summed E-state index contributed by atoms with van der Waals surface area (Å²) in [5.41, 5.74) is 0.266. The van der Waals surface area contributed by atoms with Gasteiger partial charge in [0.15, 0.2) is 0 Å². The average Bonchev–Trinajstić information content (AvgIpc) is 2.48. The molecule has 1 unspecified atom stereocenters. The zero-order valence-corrected chi connectivity index (χ0v) is 13.3. The van der Waals surface area contributed by atoms with Crippen LogP contribution in [-0.2, 0) is 9.59 Å². The number of aliphatic hydroxyl groups excluding tert-OH is 1. The van der Waals surface area contributed by atoms with Gasteiger partial charge in [-0.25, -0.2) is 0 Å². The molecule has 2 amide bonds. The molecule has 2 fully saturated rings. The van der Waals surface area contributed by atoms with Gasteiger partial charge in [0.05, 0.1) is 0 Å². The smallest absolute Gasteiger partial charge is 0.248 e. The molecule has 1 heterocycles. The molecule has 21 heavy (non-hydrogen) atoms. The van der Waals surface area contributed by atoms with Crippen molar-refractivity contribution in [3.63, 3.8) is 0 Å². The lowest BCUT2D eigenvalue weighted by Crippen LogP contribution is -2.51. The van der Waals surface area contributed by atoms with Gasteiger partial charge in [0, 0.05) is 32.6 Å². The van der Waals surface area contributed by atoms with Gasteiger partial charge >= 0.3 is 0 Å². The first-order valence-electron chi connectivity index (χ1n) is 8.10. The van der Waals surface area contributed by atoms with Crippen LogP contribution in [0.4, 0.5) is 0 Å². The van der Waals surface area contributed by atoms with Gasteiger partial charge in [-0.1, -0.05) is 26.7 Å². The number of carbonyl (C=O) groups is 2. The van der Waals surface area contributed by atoms with E-state index >= 15 is 0 Å². The molecule has 0 aromatic heterocycles. The maximum Gasteiger partial charge on any atom is 0.248 e. The molecule has 0 bridgehead atoms. The zero-order valence-electron chi connectivity index (χ0n) is 13.3. The number of nitrogens with zero attached hydrogens (tertiary/aromatic N) is 2. The zero-order chi connectivity index (χ0) is 15.5. The maximum atomic E-state index is 12.5. The van der Waals surface area contributed by atoms with Crippen molar-refractivity contribution in [1.82, 2.24) is 9.80 Å². The molecule has 2 rings (SSSR count). The Hall–Kier alpha value is -1.10. The van der Waals surface area contributed by atoms with Gasteiger partial charge in [-0.2, -0.15) is 0 Å². The van der Waals surface area contributed by atoms with Crippen LogP contribution in [0.15, 0.2) is 0 Å². The Labute approximate surface area is 127 Å².